The van der Waals surface area contributed by atoms with Gasteiger partial charge in [-0.1, -0.05) is 0 Å². The summed E-state index contributed by atoms with van der Waals surface area (Å²) in [5.74, 6) is 0.138. The van der Waals surface area contributed by atoms with Gasteiger partial charge in [-0.2, -0.15) is 18.4 Å². The Kier molecular flexibility index (Phi) is 7.09. The maximum Gasteiger partial charge on any atom is 0.417 e. The first-order valence-electron chi connectivity index (χ1n) is 11.4. The van der Waals surface area contributed by atoms with Gasteiger partial charge in [0.15, 0.2) is 0 Å². The number of aliphatic hydroxyl groups excluding tert-OH is 1. The summed E-state index contributed by atoms with van der Waals surface area (Å²) < 4.78 is 39.7. The Hall–Kier alpha value is -3.76. The Morgan fingerprint density at radius 2 is 2.08 bits per heavy atom. The van der Waals surface area contributed by atoms with E-state index in [4.69, 9.17) is 10.8 Å². The van der Waals surface area contributed by atoms with Gasteiger partial charge in [-0.3, -0.25) is 4.79 Å². The monoisotopic (exact) mass is 502 g/mol. The molecule has 0 saturated carbocycles. The summed E-state index contributed by atoms with van der Waals surface area (Å²) in [4.78, 5) is 29.2. The number of aromatic amines is 1. The average molecular weight is 503 g/mol. The van der Waals surface area contributed by atoms with Crippen molar-refractivity contribution in [2.75, 3.05) is 25.0 Å². The quantitative estimate of drug-likeness (QED) is 0.400. The Balaban J connectivity index is 1.54. The van der Waals surface area contributed by atoms with Gasteiger partial charge in [-0.15, -0.1) is 0 Å². The van der Waals surface area contributed by atoms with Crippen LogP contribution in [0.25, 0.3) is 22.3 Å². The number of nitrogens with zero attached hydrogens (tertiary/aromatic N) is 5. The third-order valence-corrected chi connectivity index (χ3v) is 6.45. The molecule has 5 N–H and O–H groups in total. The molecule has 36 heavy (non-hydrogen) atoms. The molecule has 10 nitrogen and oxygen atoms in total. The van der Waals surface area contributed by atoms with Gasteiger partial charge in [0.25, 0.3) is 0 Å². The molecule has 3 aromatic rings. The molecule has 0 aromatic carbocycles. The first kappa shape index (κ1) is 25.3. The van der Waals surface area contributed by atoms with Crippen LogP contribution in [0.5, 0.6) is 0 Å². The molecule has 2 atom stereocenters. The lowest BCUT2D eigenvalue weighted by Crippen LogP contribution is -2.49. The van der Waals surface area contributed by atoms with Gasteiger partial charge < -0.3 is 26.0 Å². The van der Waals surface area contributed by atoms with Gasteiger partial charge in [-0.25, -0.2) is 15.0 Å². The zero-order valence-corrected chi connectivity index (χ0v) is 19.4. The van der Waals surface area contributed by atoms with Crippen molar-refractivity contribution in [2.45, 2.75) is 38.0 Å². The summed E-state index contributed by atoms with van der Waals surface area (Å²) in [6, 6.07) is 1.96. The Morgan fingerprint density at radius 1 is 1.36 bits per heavy atom. The molecule has 4 heterocycles. The van der Waals surface area contributed by atoms with Crippen molar-refractivity contribution in [2.24, 2.45) is 11.7 Å². The third kappa shape index (κ3) is 5.09. The van der Waals surface area contributed by atoms with Gasteiger partial charge in [0.2, 0.25) is 11.9 Å². The minimum Gasteiger partial charge on any atom is -0.394 e. The molecule has 1 fully saturated rings. The van der Waals surface area contributed by atoms with E-state index in [0.717, 1.165) is 12.3 Å². The van der Waals surface area contributed by atoms with Crippen molar-refractivity contribution in [3.8, 4) is 17.3 Å². The van der Waals surface area contributed by atoms with Crippen LogP contribution in [0.2, 0.25) is 0 Å². The normalized spacial score (nSPS) is 16.5. The van der Waals surface area contributed by atoms with E-state index in [0.29, 0.717) is 31.5 Å². The fourth-order valence-electron chi connectivity index (χ4n) is 4.35. The van der Waals surface area contributed by atoms with E-state index >= 15 is 0 Å². The number of nitriles is 1. The summed E-state index contributed by atoms with van der Waals surface area (Å²) in [5.41, 5.74) is 5.58. The number of anilines is 1. The number of hydrogen-bond acceptors (Lipinski definition) is 8. The summed E-state index contributed by atoms with van der Waals surface area (Å²) in [7, 11) is 0. The molecular weight excluding hydrogens is 477 g/mol. The van der Waals surface area contributed by atoms with E-state index < -0.39 is 24.4 Å². The number of amides is 1. The van der Waals surface area contributed by atoms with Gasteiger partial charge in [0.05, 0.1) is 29.6 Å². The Labute approximate surface area is 204 Å². The average Bonchev–Trinajstić information content (AvgIpc) is 3.30. The smallest absolute Gasteiger partial charge is 0.394 e. The number of H-pyrrole nitrogens is 1. The summed E-state index contributed by atoms with van der Waals surface area (Å²) >= 11 is 0. The summed E-state index contributed by atoms with van der Waals surface area (Å²) in [6.45, 7) is 2.56. The third-order valence-electron chi connectivity index (χ3n) is 6.45. The first-order chi connectivity index (χ1) is 17.1. The number of nitrogens with one attached hydrogen (secondary N) is 2. The second-order valence-corrected chi connectivity index (χ2v) is 8.77. The minimum atomic E-state index is -4.56. The zero-order valence-electron chi connectivity index (χ0n) is 19.4. The lowest BCUT2D eigenvalue weighted by molar-refractivity contribution is -0.137. The fraction of sp³-hybridized carbons (Fsp3) is 0.435. The molecule has 0 radical (unpaired) electrons. The van der Waals surface area contributed by atoms with Crippen molar-refractivity contribution in [1.82, 2.24) is 24.8 Å². The molecule has 190 valence electrons. The van der Waals surface area contributed by atoms with Crippen LogP contribution >= 0.6 is 0 Å². The lowest BCUT2D eigenvalue weighted by atomic mass is 9.90. The SMILES string of the molecule is C[C@@H](Nc1ncc(C#N)c(-c2c[nH]c3ncc(C(F)(F)F)cc23)n1)C1CCN(C(=O)[C@H](N)CO)CC1. The van der Waals surface area contributed by atoms with Crippen molar-refractivity contribution in [1.29, 1.82) is 5.26 Å². The summed E-state index contributed by atoms with van der Waals surface area (Å²) in [6.07, 6.45) is 0.391. The highest BCUT2D eigenvalue weighted by Gasteiger charge is 2.32. The Morgan fingerprint density at radius 3 is 2.72 bits per heavy atom. The van der Waals surface area contributed by atoms with Crippen LogP contribution in [-0.4, -0.2) is 67.6 Å². The van der Waals surface area contributed by atoms with Crippen LogP contribution in [0.4, 0.5) is 19.1 Å². The first-order valence-corrected chi connectivity index (χ1v) is 11.4. The topological polar surface area (TPSA) is 157 Å². The van der Waals surface area contributed by atoms with E-state index in [1.165, 1.54) is 12.4 Å². The van der Waals surface area contributed by atoms with Crippen molar-refractivity contribution in [3.63, 3.8) is 0 Å². The highest BCUT2D eigenvalue weighted by Crippen LogP contribution is 2.35. The van der Waals surface area contributed by atoms with E-state index in [-0.39, 0.29) is 46.1 Å². The number of aromatic nitrogens is 4. The van der Waals surface area contributed by atoms with Gasteiger partial charge in [0, 0.05) is 42.5 Å². The van der Waals surface area contributed by atoms with Crippen LogP contribution in [0, 0.1) is 17.2 Å². The molecule has 0 unspecified atom stereocenters. The fourth-order valence-corrected chi connectivity index (χ4v) is 4.35. The predicted octanol–water partition coefficient (Wildman–Crippen LogP) is 2.27. The molecule has 3 aromatic heterocycles. The van der Waals surface area contributed by atoms with E-state index in [9.17, 15) is 23.2 Å². The molecule has 1 saturated heterocycles. The molecule has 0 aliphatic carbocycles. The van der Waals surface area contributed by atoms with Crippen LogP contribution < -0.4 is 11.1 Å². The number of halogens is 3. The number of likely N-dealkylation sites (tertiary alicyclic amines) is 1. The van der Waals surface area contributed by atoms with Crippen LogP contribution in [0.1, 0.15) is 30.9 Å². The number of aliphatic hydroxyl groups is 1. The lowest BCUT2D eigenvalue weighted by Gasteiger charge is -2.36. The van der Waals surface area contributed by atoms with Crippen LogP contribution in [0.15, 0.2) is 24.7 Å². The number of nitrogens with two attached hydrogens (primary N) is 1. The van der Waals surface area contributed by atoms with Gasteiger partial charge >= 0.3 is 6.18 Å². The molecule has 0 bridgehead atoms. The summed E-state index contributed by atoms with van der Waals surface area (Å²) in [5, 5.41) is 22.1. The second-order valence-electron chi connectivity index (χ2n) is 8.77. The largest absolute Gasteiger partial charge is 0.417 e. The number of piperidine rings is 1. The predicted molar refractivity (Wildman–Crippen MR) is 124 cm³/mol. The molecule has 1 amide bonds. The standard InChI is InChI=1S/C23H25F3N8O2/c1-12(13-2-4-34(5-3-13)21(36)18(28)11-35)32-22-31-8-14(7-27)19(33-22)17-10-30-20-16(17)6-15(9-29-20)23(24,25)26/h6,8-10,12-13,18,35H,2-5,11,28H2,1H3,(H,29,30)(H,31,32,33)/t12-,18-/m1/s1. The Bertz CT molecular complexity index is 1290. The number of carbonyl (C=O) groups excluding carboxylic acids is 1. The van der Waals surface area contributed by atoms with E-state index in [1.54, 1.807) is 4.90 Å². The molecular formula is C23H25F3N8O2. The zero-order chi connectivity index (χ0) is 26.0. The molecule has 1 aliphatic rings. The number of hydrogen-bond donors (Lipinski definition) is 4. The van der Waals surface area contributed by atoms with Crippen molar-refractivity contribution >= 4 is 22.9 Å². The van der Waals surface area contributed by atoms with E-state index in [1.807, 2.05) is 13.0 Å². The van der Waals surface area contributed by atoms with Gasteiger partial charge in [-0.05, 0) is 31.7 Å². The van der Waals surface area contributed by atoms with Crippen LogP contribution in [0.3, 0.4) is 0 Å². The van der Waals surface area contributed by atoms with Crippen molar-refractivity contribution < 1.29 is 23.1 Å². The number of carbonyl (C=O) groups is 1. The number of alkyl halides is 3. The number of pyridine rings is 1. The molecule has 1 aliphatic heterocycles. The number of fused-ring (bicyclic) bond motifs is 1. The molecule has 13 heteroatoms. The number of rotatable bonds is 6. The maximum atomic E-state index is 13.2. The minimum absolute atomic E-state index is 0.0870. The highest BCUT2D eigenvalue weighted by molar-refractivity contribution is 5.94. The van der Waals surface area contributed by atoms with Crippen molar-refractivity contribution in [3.05, 3.63) is 35.8 Å². The van der Waals surface area contributed by atoms with Gasteiger partial charge in [0.1, 0.15) is 17.8 Å². The van der Waals surface area contributed by atoms with Crippen LogP contribution in [-0.2, 0) is 11.0 Å². The molecule has 0 spiro atoms. The maximum absolute atomic E-state index is 13.2. The van der Waals surface area contributed by atoms with E-state index in [2.05, 4.69) is 25.3 Å². The molecule has 4 rings (SSSR count). The second kappa shape index (κ2) is 10.1. The highest BCUT2D eigenvalue weighted by atomic mass is 19.4.